The lowest BCUT2D eigenvalue weighted by molar-refractivity contribution is -0.144. The summed E-state index contributed by atoms with van der Waals surface area (Å²) in [7, 11) is 1.60. The van der Waals surface area contributed by atoms with Crippen molar-refractivity contribution in [3.8, 4) is 5.75 Å². The van der Waals surface area contributed by atoms with Crippen molar-refractivity contribution in [1.82, 2.24) is 0 Å². The molecule has 2 atom stereocenters. The Kier molecular flexibility index (Phi) is 3.94. The van der Waals surface area contributed by atoms with Crippen molar-refractivity contribution in [3.63, 3.8) is 0 Å². The highest BCUT2D eigenvalue weighted by molar-refractivity contribution is 5.89. The predicted octanol–water partition coefficient (Wildman–Crippen LogP) is 3.05. The quantitative estimate of drug-likeness (QED) is 0.906. The third kappa shape index (κ3) is 2.74. The summed E-state index contributed by atoms with van der Waals surface area (Å²) in [4.78, 5) is 22.7. The van der Waals surface area contributed by atoms with Crippen LogP contribution in [-0.4, -0.2) is 29.3 Å². The normalized spacial score (nSPS) is 20.0. The molecule has 0 saturated heterocycles. The Morgan fingerprint density at radius 3 is 2.61 bits per heavy atom. The highest BCUT2D eigenvalue weighted by Crippen LogP contribution is 2.42. The van der Waals surface area contributed by atoms with Gasteiger partial charge in [-0.2, -0.15) is 0 Å². The van der Waals surface area contributed by atoms with Crippen molar-refractivity contribution >= 4 is 22.7 Å². The van der Waals surface area contributed by atoms with Crippen LogP contribution in [0.15, 0.2) is 30.3 Å². The highest BCUT2D eigenvalue weighted by Gasteiger charge is 2.36. The number of ether oxygens (including phenoxy) is 1. The Hall–Kier alpha value is -2.56. The number of aliphatic carboxylic acids is 2. The van der Waals surface area contributed by atoms with Crippen LogP contribution in [0.2, 0.25) is 0 Å². The van der Waals surface area contributed by atoms with Gasteiger partial charge < -0.3 is 14.9 Å². The highest BCUT2D eigenvalue weighted by atomic mass is 16.5. The Balaban J connectivity index is 2.17. The van der Waals surface area contributed by atoms with Crippen molar-refractivity contribution in [3.05, 3.63) is 41.5 Å². The minimum atomic E-state index is -0.972. The van der Waals surface area contributed by atoms with Crippen LogP contribution in [0, 0.1) is 5.92 Å². The maximum atomic E-state index is 11.5. The zero-order valence-corrected chi connectivity index (χ0v) is 12.8. The fourth-order valence-electron chi connectivity index (χ4n) is 3.58. The van der Waals surface area contributed by atoms with E-state index in [1.54, 1.807) is 7.11 Å². The molecule has 2 N–H and O–H groups in total. The lowest BCUT2D eigenvalue weighted by atomic mass is 9.72. The molecule has 1 aliphatic carbocycles. The van der Waals surface area contributed by atoms with Crippen molar-refractivity contribution in [1.29, 1.82) is 0 Å². The topological polar surface area (TPSA) is 83.8 Å². The molecular weight excluding hydrogens is 296 g/mol. The number of hydrogen-bond acceptors (Lipinski definition) is 3. The molecule has 3 rings (SSSR count). The largest absolute Gasteiger partial charge is 0.497 e. The SMILES string of the molecule is COc1ccc2ccc3c(c2c1)CC[C@@H](C(=O)O)[C@@H]3CC(=O)O. The summed E-state index contributed by atoms with van der Waals surface area (Å²) in [6.45, 7) is 0. The molecule has 0 saturated carbocycles. The lowest BCUT2D eigenvalue weighted by Crippen LogP contribution is -2.29. The number of carbonyl (C=O) groups is 2. The van der Waals surface area contributed by atoms with Crippen LogP contribution in [0.4, 0.5) is 0 Å². The van der Waals surface area contributed by atoms with E-state index in [4.69, 9.17) is 4.74 Å². The van der Waals surface area contributed by atoms with Crippen LogP contribution in [0.3, 0.4) is 0 Å². The summed E-state index contributed by atoms with van der Waals surface area (Å²) in [5, 5.41) is 20.7. The molecule has 0 fully saturated rings. The smallest absolute Gasteiger partial charge is 0.307 e. The maximum Gasteiger partial charge on any atom is 0.307 e. The first-order valence-corrected chi connectivity index (χ1v) is 7.55. The van der Waals surface area contributed by atoms with Crippen LogP contribution in [0.1, 0.15) is 29.9 Å². The van der Waals surface area contributed by atoms with Crippen molar-refractivity contribution < 1.29 is 24.5 Å². The number of benzene rings is 2. The number of methoxy groups -OCH3 is 1. The number of aryl methyl sites for hydroxylation is 1. The van der Waals surface area contributed by atoms with Gasteiger partial charge in [0.05, 0.1) is 19.4 Å². The molecular formula is C18H18O5. The minimum Gasteiger partial charge on any atom is -0.497 e. The fraction of sp³-hybridized carbons (Fsp3) is 0.333. The van der Waals surface area contributed by atoms with Crippen LogP contribution < -0.4 is 4.74 Å². The predicted molar refractivity (Wildman–Crippen MR) is 84.9 cm³/mol. The van der Waals surface area contributed by atoms with Gasteiger partial charge in [0.15, 0.2) is 0 Å². The molecule has 0 aromatic heterocycles. The molecule has 2 aromatic rings. The second-order valence-corrected chi connectivity index (χ2v) is 5.91. The van der Waals surface area contributed by atoms with Gasteiger partial charge in [-0.15, -0.1) is 0 Å². The first-order chi connectivity index (χ1) is 11.0. The van der Waals surface area contributed by atoms with E-state index in [9.17, 15) is 19.8 Å². The molecule has 0 spiro atoms. The van der Waals surface area contributed by atoms with Gasteiger partial charge in [-0.3, -0.25) is 9.59 Å². The first kappa shape index (κ1) is 15.3. The summed E-state index contributed by atoms with van der Waals surface area (Å²) in [6.07, 6.45) is 0.920. The molecule has 0 unspecified atom stereocenters. The Morgan fingerprint density at radius 2 is 1.96 bits per heavy atom. The molecule has 120 valence electrons. The summed E-state index contributed by atoms with van der Waals surface area (Å²) in [6, 6.07) is 9.59. The van der Waals surface area contributed by atoms with Gasteiger partial charge in [-0.1, -0.05) is 18.2 Å². The zero-order valence-electron chi connectivity index (χ0n) is 12.8. The Labute approximate surface area is 133 Å². The number of rotatable bonds is 4. The second kappa shape index (κ2) is 5.91. The van der Waals surface area contributed by atoms with Gasteiger partial charge in [-0.25, -0.2) is 0 Å². The Bertz CT molecular complexity index is 780. The summed E-state index contributed by atoms with van der Waals surface area (Å²) >= 11 is 0. The number of fused-ring (bicyclic) bond motifs is 3. The molecule has 0 heterocycles. The lowest BCUT2D eigenvalue weighted by Gasteiger charge is -2.31. The van der Waals surface area contributed by atoms with Crippen LogP contribution in [0.5, 0.6) is 5.75 Å². The summed E-state index contributed by atoms with van der Waals surface area (Å²) < 4.78 is 5.28. The fourth-order valence-corrected chi connectivity index (χ4v) is 3.58. The van der Waals surface area contributed by atoms with Crippen molar-refractivity contribution in [2.75, 3.05) is 7.11 Å². The molecule has 5 nitrogen and oxygen atoms in total. The van der Waals surface area contributed by atoms with E-state index in [2.05, 4.69) is 0 Å². The van der Waals surface area contributed by atoms with Gasteiger partial charge in [0.25, 0.3) is 0 Å². The summed E-state index contributed by atoms with van der Waals surface area (Å²) in [5.41, 5.74) is 1.89. The van der Waals surface area contributed by atoms with Crippen LogP contribution in [0.25, 0.3) is 10.8 Å². The van der Waals surface area contributed by atoms with Gasteiger partial charge in [0.2, 0.25) is 0 Å². The van der Waals surface area contributed by atoms with Crippen molar-refractivity contribution in [2.24, 2.45) is 5.92 Å². The Morgan fingerprint density at radius 1 is 1.22 bits per heavy atom. The number of carboxylic acids is 2. The van der Waals surface area contributed by atoms with Gasteiger partial charge in [0.1, 0.15) is 5.75 Å². The van der Waals surface area contributed by atoms with Crippen LogP contribution in [-0.2, 0) is 16.0 Å². The molecule has 1 aliphatic rings. The molecule has 0 aliphatic heterocycles. The zero-order chi connectivity index (χ0) is 16.6. The van der Waals surface area contributed by atoms with Crippen LogP contribution >= 0.6 is 0 Å². The second-order valence-electron chi connectivity index (χ2n) is 5.91. The third-order valence-corrected chi connectivity index (χ3v) is 4.68. The van der Waals surface area contributed by atoms with E-state index in [1.807, 2.05) is 30.3 Å². The molecule has 0 bridgehead atoms. The first-order valence-electron chi connectivity index (χ1n) is 7.55. The van der Waals surface area contributed by atoms with E-state index in [0.29, 0.717) is 12.8 Å². The van der Waals surface area contributed by atoms with E-state index < -0.39 is 23.8 Å². The van der Waals surface area contributed by atoms with E-state index in [1.165, 1.54) is 0 Å². The van der Waals surface area contributed by atoms with Crippen molar-refractivity contribution in [2.45, 2.75) is 25.2 Å². The van der Waals surface area contributed by atoms with E-state index >= 15 is 0 Å². The minimum absolute atomic E-state index is 0.167. The monoisotopic (exact) mass is 314 g/mol. The van der Waals surface area contributed by atoms with E-state index in [-0.39, 0.29) is 6.42 Å². The molecule has 5 heteroatoms. The third-order valence-electron chi connectivity index (χ3n) is 4.68. The standard InChI is InChI=1S/C18H18O5/c1-23-11-4-2-10-3-5-13-12(15(10)8-11)6-7-14(18(21)22)16(13)9-17(19)20/h2-5,8,14,16H,6-7,9H2,1H3,(H,19,20)(H,21,22)/t14-,16-/m1/s1. The summed E-state index contributed by atoms with van der Waals surface area (Å²) in [5.74, 6) is -2.31. The average molecular weight is 314 g/mol. The molecule has 23 heavy (non-hydrogen) atoms. The molecule has 0 amide bonds. The molecule has 0 radical (unpaired) electrons. The average Bonchev–Trinajstić information content (AvgIpc) is 2.53. The van der Waals surface area contributed by atoms with Gasteiger partial charge >= 0.3 is 11.9 Å². The molecule has 2 aromatic carbocycles. The maximum absolute atomic E-state index is 11.5. The van der Waals surface area contributed by atoms with Gasteiger partial charge in [-0.05, 0) is 46.9 Å². The van der Waals surface area contributed by atoms with E-state index in [0.717, 1.165) is 27.6 Å². The van der Waals surface area contributed by atoms with Gasteiger partial charge in [0, 0.05) is 5.92 Å². The number of carboxylic acid groups (broad SMARTS) is 2. The number of hydrogen-bond donors (Lipinski definition) is 2.